The number of amides is 2. The van der Waals surface area contributed by atoms with Gasteiger partial charge in [0.1, 0.15) is 11.8 Å². The number of hydrogen-bond acceptors (Lipinski definition) is 3. The Morgan fingerprint density at radius 2 is 2.00 bits per heavy atom. The Kier molecular flexibility index (Phi) is 4.74. The Labute approximate surface area is 147 Å². The van der Waals surface area contributed by atoms with E-state index in [1.54, 1.807) is 4.90 Å². The van der Waals surface area contributed by atoms with E-state index < -0.39 is 6.04 Å². The molecule has 5 nitrogen and oxygen atoms in total. The second-order valence-corrected chi connectivity index (χ2v) is 6.16. The van der Waals surface area contributed by atoms with E-state index in [2.05, 4.69) is 5.32 Å². The molecule has 1 unspecified atom stereocenters. The summed E-state index contributed by atoms with van der Waals surface area (Å²) in [5, 5.41) is 2.77. The van der Waals surface area contributed by atoms with E-state index in [4.69, 9.17) is 4.74 Å². The fourth-order valence-corrected chi connectivity index (χ4v) is 3.17. The summed E-state index contributed by atoms with van der Waals surface area (Å²) < 4.78 is 5.67. The van der Waals surface area contributed by atoms with Crippen LogP contribution in [0.15, 0.2) is 42.5 Å². The van der Waals surface area contributed by atoms with Crippen LogP contribution in [0.25, 0.3) is 0 Å². The van der Waals surface area contributed by atoms with Crippen LogP contribution in [-0.4, -0.2) is 18.4 Å². The third kappa shape index (κ3) is 3.36. The molecule has 0 radical (unpaired) electrons. The number of nitrogens with zero attached hydrogens (tertiary/aromatic N) is 1. The van der Waals surface area contributed by atoms with Crippen LogP contribution in [0.3, 0.4) is 0 Å². The predicted octanol–water partition coefficient (Wildman–Crippen LogP) is 3.12. The minimum Gasteiger partial charge on any atom is -0.494 e. The van der Waals surface area contributed by atoms with Gasteiger partial charge >= 0.3 is 0 Å². The quantitative estimate of drug-likeness (QED) is 0.911. The maximum absolute atomic E-state index is 13.0. The Bertz CT molecular complexity index is 816. The molecule has 0 fully saturated rings. The fourth-order valence-electron chi connectivity index (χ4n) is 3.17. The minimum absolute atomic E-state index is 0.123. The molecule has 1 atom stereocenters. The van der Waals surface area contributed by atoms with Gasteiger partial charge in [0.2, 0.25) is 5.91 Å². The fraction of sp³-hybridized carbons (Fsp3) is 0.300. The van der Waals surface area contributed by atoms with Gasteiger partial charge in [-0.25, -0.2) is 0 Å². The van der Waals surface area contributed by atoms with Crippen molar-refractivity contribution >= 4 is 17.5 Å². The lowest BCUT2D eigenvalue weighted by Gasteiger charge is -2.20. The molecule has 0 saturated heterocycles. The molecule has 2 amide bonds. The number of anilines is 1. The van der Waals surface area contributed by atoms with Gasteiger partial charge in [-0.2, -0.15) is 0 Å². The van der Waals surface area contributed by atoms with Crippen molar-refractivity contribution < 1.29 is 14.3 Å². The third-order valence-electron chi connectivity index (χ3n) is 4.25. The zero-order valence-electron chi connectivity index (χ0n) is 14.7. The first kappa shape index (κ1) is 17.0. The van der Waals surface area contributed by atoms with Gasteiger partial charge in [0.05, 0.1) is 13.2 Å². The zero-order chi connectivity index (χ0) is 18.0. The first-order valence-electron chi connectivity index (χ1n) is 8.41. The standard InChI is InChI=1S/C20H22N2O3/c1-4-25-18-8-6-5-7-15(18)12-22-17-10-9-13(2)11-16(17)19(20(22)24)21-14(3)23/h5-11,19H,4,12H2,1-3H3,(H,21,23). The van der Waals surface area contributed by atoms with Crippen molar-refractivity contribution in [1.29, 1.82) is 0 Å². The Morgan fingerprint density at radius 1 is 1.24 bits per heavy atom. The normalized spacial score (nSPS) is 15.9. The summed E-state index contributed by atoms with van der Waals surface area (Å²) in [6.07, 6.45) is 0. The number of fused-ring (bicyclic) bond motifs is 1. The van der Waals surface area contributed by atoms with E-state index in [9.17, 15) is 9.59 Å². The van der Waals surface area contributed by atoms with Gasteiger partial charge in [-0.15, -0.1) is 0 Å². The van der Waals surface area contributed by atoms with E-state index in [-0.39, 0.29) is 11.8 Å². The summed E-state index contributed by atoms with van der Waals surface area (Å²) in [5.41, 5.74) is 3.67. The summed E-state index contributed by atoms with van der Waals surface area (Å²) >= 11 is 0. The highest BCUT2D eigenvalue weighted by Gasteiger charge is 2.38. The summed E-state index contributed by atoms with van der Waals surface area (Å²) in [7, 11) is 0. The second kappa shape index (κ2) is 6.97. The summed E-state index contributed by atoms with van der Waals surface area (Å²) in [6, 6.07) is 12.9. The van der Waals surface area contributed by atoms with E-state index in [0.29, 0.717) is 13.2 Å². The van der Waals surface area contributed by atoms with Gasteiger partial charge in [-0.3, -0.25) is 9.59 Å². The molecule has 1 heterocycles. The number of rotatable bonds is 5. The molecule has 0 aromatic heterocycles. The smallest absolute Gasteiger partial charge is 0.254 e. The number of benzene rings is 2. The maximum Gasteiger partial charge on any atom is 0.254 e. The largest absolute Gasteiger partial charge is 0.494 e. The highest BCUT2D eigenvalue weighted by atomic mass is 16.5. The van der Waals surface area contributed by atoms with Crippen molar-refractivity contribution in [2.45, 2.75) is 33.4 Å². The van der Waals surface area contributed by atoms with E-state index in [1.165, 1.54) is 6.92 Å². The number of aryl methyl sites for hydroxylation is 1. The highest BCUT2D eigenvalue weighted by Crippen LogP contribution is 2.38. The number of carbonyl (C=O) groups excluding carboxylic acids is 2. The van der Waals surface area contributed by atoms with Crippen molar-refractivity contribution in [2.75, 3.05) is 11.5 Å². The van der Waals surface area contributed by atoms with Crippen LogP contribution in [0, 0.1) is 6.92 Å². The van der Waals surface area contributed by atoms with Crippen molar-refractivity contribution in [3.63, 3.8) is 0 Å². The van der Waals surface area contributed by atoms with Gasteiger partial charge < -0.3 is 15.0 Å². The van der Waals surface area contributed by atoms with Crippen LogP contribution in [0.5, 0.6) is 5.75 Å². The third-order valence-corrected chi connectivity index (χ3v) is 4.25. The number of para-hydroxylation sites is 1. The highest BCUT2D eigenvalue weighted by molar-refractivity contribution is 6.06. The predicted molar refractivity (Wildman–Crippen MR) is 96.5 cm³/mol. The molecule has 2 aromatic rings. The number of hydrogen-bond donors (Lipinski definition) is 1. The molecule has 1 aliphatic rings. The number of ether oxygens (including phenoxy) is 1. The van der Waals surface area contributed by atoms with Crippen molar-refractivity contribution in [2.24, 2.45) is 0 Å². The lowest BCUT2D eigenvalue weighted by Crippen LogP contribution is -2.36. The van der Waals surface area contributed by atoms with Crippen LogP contribution < -0.4 is 15.0 Å². The molecule has 130 valence electrons. The lowest BCUT2D eigenvalue weighted by atomic mass is 10.1. The van der Waals surface area contributed by atoms with E-state index >= 15 is 0 Å². The maximum atomic E-state index is 13.0. The van der Waals surface area contributed by atoms with Gasteiger partial charge in [0.25, 0.3) is 5.91 Å². The van der Waals surface area contributed by atoms with Gasteiger partial charge in [0.15, 0.2) is 0 Å². The van der Waals surface area contributed by atoms with Crippen LogP contribution in [0.2, 0.25) is 0 Å². The van der Waals surface area contributed by atoms with Crippen LogP contribution in [0.1, 0.15) is 36.6 Å². The van der Waals surface area contributed by atoms with E-state index in [1.807, 2.05) is 56.3 Å². The average Bonchev–Trinajstić information content (AvgIpc) is 2.81. The molecule has 0 aliphatic carbocycles. The van der Waals surface area contributed by atoms with Crippen molar-refractivity contribution in [3.05, 3.63) is 59.2 Å². The van der Waals surface area contributed by atoms with Gasteiger partial charge in [0, 0.05) is 23.7 Å². The van der Waals surface area contributed by atoms with Crippen LogP contribution in [0.4, 0.5) is 5.69 Å². The first-order chi connectivity index (χ1) is 12.0. The lowest BCUT2D eigenvalue weighted by molar-refractivity contribution is -0.126. The Balaban J connectivity index is 1.97. The van der Waals surface area contributed by atoms with E-state index in [0.717, 1.165) is 28.1 Å². The SMILES string of the molecule is CCOc1ccccc1CN1C(=O)C(NC(C)=O)c2cc(C)ccc21. The van der Waals surface area contributed by atoms with Crippen LogP contribution in [-0.2, 0) is 16.1 Å². The summed E-state index contributed by atoms with van der Waals surface area (Å²) in [6.45, 7) is 6.30. The Morgan fingerprint density at radius 3 is 2.72 bits per heavy atom. The minimum atomic E-state index is -0.633. The number of nitrogens with one attached hydrogen (secondary N) is 1. The molecule has 0 bridgehead atoms. The zero-order valence-corrected chi connectivity index (χ0v) is 14.7. The molecular weight excluding hydrogens is 316 g/mol. The van der Waals surface area contributed by atoms with Gasteiger partial charge in [-0.1, -0.05) is 35.9 Å². The summed E-state index contributed by atoms with van der Waals surface area (Å²) in [4.78, 5) is 26.2. The van der Waals surface area contributed by atoms with Crippen molar-refractivity contribution in [1.82, 2.24) is 5.32 Å². The molecule has 0 saturated carbocycles. The second-order valence-electron chi connectivity index (χ2n) is 6.16. The molecule has 2 aromatic carbocycles. The molecule has 3 rings (SSSR count). The molecule has 5 heteroatoms. The molecule has 0 spiro atoms. The van der Waals surface area contributed by atoms with Gasteiger partial charge in [-0.05, 0) is 26.0 Å². The molecule has 25 heavy (non-hydrogen) atoms. The number of carbonyl (C=O) groups is 2. The molecule has 1 N–H and O–H groups in total. The molecular formula is C20H22N2O3. The average molecular weight is 338 g/mol. The topological polar surface area (TPSA) is 58.6 Å². The summed E-state index contributed by atoms with van der Waals surface area (Å²) in [5.74, 6) is 0.430. The first-order valence-corrected chi connectivity index (χ1v) is 8.41. The van der Waals surface area contributed by atoms with Crippen LogP contribution >= 0.6 is 0 Å². The molecule has 1 aliphatic heterocycles. The Hall–Kier alpha value is -2.82. The van der Waals surface area contributed by atoms with Crippen molar-refractivity contribution in [3.8, 4) is 5.75 Å². The monoisotopic (exact) mass is 338 g/mol.